The van der Waals surface area contributed by atoms with E-state index in [2.05, 4.69) is 12.2 Å². The lowest BCUT2D eigenvalue weighted by atomic mass is 9.99. The van der Waals surface area contributed by atoms with E-state index < -0.39 is 10.0 Å². The first-order chi connectivity index (χ1) is 11.4. The fourth-order valence-corrected chi connectivity index (χ4v) is 4.49. The molecule has 0 bridgehead atoms. The molecule has 1 N–H and O–H groups in total. The molecule has 1 atom stereocenters. The molecule has 1 aromatic rings. The van der Waals surface area contributed by atoms with Crippen LogP contribution >= 0.6 is 0 Å². The summed E-state index contributed by atoms with van der Waals surface area (Å²) in [5.74, 6) is -0.268. The molecule has 1 saturated heterocycles. The minimum Gasteiger partial charge on any atom is -0.356 e. The molecule has 0 aliphatic carbocycles. The molecule has 1 heterocycles. The van der Waals surface area contributed by atoms with Gasteiger partial charge in [-0.3, -0.25) is 4.79 Å². The first-order valence-electron chi connectivity index (χ1n) is 8.79. The highest BCUT2D eigenvalue weighted by molar-refractivity contribution is 7.89. The van der Waals surface area contributed by atoms with Gasteiger partial charge in [0.2, 0.25) is 15.9 Å². The van der Waals surface area contributed by atoms with Crippen molar-refractivity contribution >= 4 is 15.9 Å². The minimum absolute atomic E-state index is 0.0186. The van der Waals surface area contributed by atoms with Crippen LogP contribution in [0.25, 0.3) is 0 Å². The van der Waals surface area contributed by atoms with Crippen LogP contribution in [0.2, 0.25) is 0 Å². The molecule has 6 heteroatoms. The lowest BCUT2D eigenvalue weighted by molar-refractivity contribution is -0.126. The molecule has 134 valence electrons. The molecule has 1 aliphatic heterocycles. The van der Waals surface area contributed by atoms with E-state index in [0.717, 1.165) is 37.7 Å². The third kappa shape index (κ3) is 4.80. The van der Waals surface area contributed by atoms with Crippen LogP contribution in [0.5, 0.6) is 0 Å². The zero-order chi connectivity index (χ0) is 17.6. The molecule has 1 aliphatic rings. The van der Waals surface area contributed by atoms with Crippen molar-refractivity contribution in [2.24, 2.45) is 5.92 Å². The Morgan fingerprint density at radius 2 is 1.96 bits per heavy atom. The fourth-order valence-electron chi connectivity index (χ4n) is 2.96. The van der Waals surface area contributed by atoms with Gasteiger partial charge in [0.25, 0.3) is 0 Å². The van der Waals surface area contributed by atoms with Crippen LogP contribution in [0.3, 0.4) is 0 Å². The van der Waals surface area contributed by atoms with Crippen molar-refractivity contribution in [2.45, 2.75) is 50.8 Å². The van der Waals surface area contributed by atoms with Gasteiger partial charge in [0.1, 0.15) is 0 Å². The number of nitrogens with one attached hydrogen (secondary N) is 1. The monoisotopic (exact) mass is 352 g/mol. The summed E-state index contributed by atoms with van der Waals surface area (Å²) in [6.07, 6.45) is 4.65. The van der Waals surface area contributed by atoms with Crippen LogP contribution in [0.15, 0.2) is 29.2 Å². The van der Waals surface area contributed by atoms with Gasteiger partial charge in [0.15, 0.2) is 0 Å². The molecule has 2 rings (SSSR count). The van der Waals surface area contributed by atoms with Gasteiger partial charge < -0.3 is 5.32 Å². The number of unbranched alkanes of at least 4 members (excludes halogenated alkanes) is 2. The first-order valence-corrected chi connectivity index (χ1v) is 10.2. The van der Waals surface area contributed by atoms with Crippen molar-refractivity contribution in [1.29, 1.82) is 0 Å². The van der Waals surface area contributed by atoms with Gasteiger partial charge in [-0.05, 0) is 38.3 Å². The SMILES string of the molecule is CCCCCNC(=O)[C@@H]1CCCN(S(=O)(=O)c2ccc(C)cc2)C1. The summed E-state index contributed by atoms with van der Waals surface area (Å²) in [4.78, 5) is 12.6. The number of aryl methyl sites for hydroxylation is 1. The Hall–Kier alpha value is -1.40. The number of nitrogens with zero attached hydrogens (tertiary/aromatic N) is 1. The average molecular weight is 353 g/mol. The smallest absolute Gasteiger partial charge is 0.243 e. The molecule has 0 aromatic heterocycles. The van der Waals surface area contributed by atoms with Gasteiger partial charge in [-0.1, -0.05) is 37.5 Å². The quantitative estimate of drug-likeness (QED) is 0.767. The van der Waals surface area contributed by atoms with Crippen LogP contribution in [0, 0.1) is 12.8 Å². The predicted octanol–water partition coefficient (Wildman–Crippen LogP) is 2.70. The van der Waals surface area contributed by atoms with Crippen LogP contribution in [0.1, 0.15) is 44.6 Å². The third-order valence-electron chi connectivity index (χ3n) is 4.49. The highest BCUT2D eigenvalue weighted by atomic mass is 32.2. The van der Waals surface area contributed by atoms with Crippen LogP contribution in [0.4, 0.5) is 0 Å². The second-order valence-corrected chi connectivity index (χ2v) is 8.45. The van der Waals surface area contributed by atoms with Crippen molar-refractivity contribution in [3.8, 4) is 0 Å². The number of hydrogen-bond donors (Lipinski definition) is 1. The van der Waals surface area contributed by atoms with Crippen molar-refractivity contribution < 1.29 is 13.2 Å². The Bertz CT molecular complexity index is 641. The van der Waals surface area contributed by atoms with E-state index in [-0.39, 0.29) is 18.4 Å². The summed E-state index contributed by atoms with van der Waals surface area (Å²) in [7, 11) is -3.52. The molecular formula is C18H28N2O3S. The van der Waals surface area contributed by atoms with E-state index in [1.54, 1.807) is 24.3 Å². The lowest BCUT2D eigenvalue weighted by Crippen LogP contribution is -2.45. The highest BCUT2D eigenvalue weighted by Gasteiger charge is 2.33. The highest BCUT2D eigenvalue weighted by Crippen LogP contribution is 2.24. The topological polar surface area (TPSA) is 66.5 Å². The summed E-state index contributed by atoms with van der Waals surface area (Å²) < 4.78 is 27.0. The summed E-state index contributed by atoms with van der Waals surface area (Å²) >= 11 is 0. The van der Waals surface area contributed by atoms with Gasteiger partial charge in [0, 0.05) is 19.6 Å². The molecule has 5 nitrogen and oxygen atoms in total. The van der Waals surface area contributed by atoms with Crippen LogP contribution < -0.4 is 5.32 Å². The van der Waals surface area contributed by atoms with E-state index in [4.69, 9.17) is 0 Å². The van der Waals surface area contributed by atoms with Crippen LogP contribution in [-0.2, 0) is 14.8 Å². The molecule has 0 unspecified atom stereocenters. The number of carbonyl (C=O) groups excluding carboxylic acids is 1. The van der Waals surface area contributed by atoms with Gasteiger partial charge in [-0.15, -0.1) is 0 Å². The number of amides is 1. The minimum atomic E-state index is -3.52. The largest absolute Gasteiger partial charge is 0.356 e. The maximum Gasteiger partial charge on any atom is 0.243 e. The second kappa shape index (κ2) is 8.62. The van der Waals surface area contributed by atoms with Crippen molar-refractivity contribution in [1.82, 2.24) is 9.62 Å². The number of hydrogen-bond acceptors (Lipinski definition) is 3. The van der Waals surface area contributed by atoms with E-state index >= 15 is 0 Å². The Labute approximate surface area is 145 Å². The maximum atomic E-state index is 12.8. The predicted molar refractivity (Wildman–Crippen MR) is 95.2 cm³/mol. The standard InChI is InChI=1S/C18H28N2O3S/c1-3-4-5-12-19-18(21)16-7-6-13-20(14-16)24(22,23)17-10-8-15(2)9-11-17/h8-11,16H,3-7,12-14H2,1-2H3,(H,19,21)/t16-/m1/s1. The van der Waals surface area contributed by atoms with Gasteiger partial charge in [-0.2, -0.15) is 4.31 Å². The normalized spacial score (nSPS) is 19.2. The fraction of sp³-hybridized carbons (Fsp3) is 0.611. The summed E-state index contributed by atoms with van der Waals surface area (Å²) in [6, 6.07) is 6.88. The van der Waals surface area contributed by atoms with Gasteiger partial charge in [-0.25, -0.2) is 8.42 Å². The Kier molecular flexibility index (Phi) is 6.80. The zero-order valence-corrected chi connectivity index (χ0v) is 15.4. The van der Waals surface area contributed by atoms with E-state index in [0.29, 0.717) is 18.0 Å². The average Bonchev–Trinajstić information content (AvgIpc) is 2.59. The number of sulfonamides is 1. The van der Waals surface area contributed by atoms with Gasteiger partial charge >= 0.3 is 0 Å². The molecule has 1 aromatic carbocycles. The van der Waals surface area contributed by atoms with E-state index in [1.165, 1.54) is 4.31 Å². The molecule has 0 radical (unpaired) electrons. The summed E-state index contributed by atoms with van der Waals surface area (Å²) in [6.45, 7) is 5.48. The van der Waals surface area contributed by atoms with Gasteiger partial charge in [0.05, 0.1) is 10.8 Å². The first kappa shape index (κ1) is 18.9. The molecule has 1 amide bonds. The zero-order valence-electron chi connectivity index (χ0n) is 14.6. The van der Waals surface area contributed by atoms with Crippen LogP contribution in [-0.4, -0.2) is 38.3 Å². The van der Waals surface area contributed by atoms with E-state index in [1.807, 2.05) is 6.92 Å². The number of piperidine rings is 1. The Balaban J connectivity index is 1.99. The molecule has 1 fully saturated rings. The number of carbonyl (C=O) groups is 1. The number of rotatable bonds is 7. The lowest BCUT2D eigenvalue weighted by Gasteiger charge is -2.31. The maximum absolute atomic E-state index is 12.8. The van der Waals surface area contributed by atoms with Crippen molar-refractivity contribution in [3.05, 3.63) is 29.8 Å². The summed E-state index contributed by atoms with van der Waals surface area (Å²) in [5.41, 5.74) is 1.02. The molecule has 24 heavy (non-hydrogen) atoms. The van der Waals surface area contributed by atoms with Crippen molar-refractivity contribution in [3.63, 3.8) is 0 Å². The summed E-state index contributed by atoms with van der Waals surface area (Å²) in [5, 5.41) is 2.95. The Morgan fingerprint density at radius 1 is 1.25 bits per heavy atom. The Morgan fingerprint density at radius 3 is 2.62 bits per heavy atom. The molecule has 0 saturated carbocycles. The third-order valence-corrected chi connectivity index (χ3v) is 6.37. The van der Waals surface area contributed by atoms with Crippen molar-refractivity contribution in [2.75, 3.05) is 19.6 Å². The second-order valence-electron chi connectivity index (χ2n) is 6.51. The number of benzene rings is 1. The molecular weight excluding hydrogens is 324 g/mol. The molecule has 0 spiro atoms. The van der Waals surface area contributed by atoms with E-state index in [9.17, 15) is 13.2 Å².